The van der Waals surface area contributed by atoms with Crippen LogP contribution in [0.25, 0.3) is 0 Å². The number of carbonyl (C=O) groups is 2. The van der Waals surface area contributed by atoms with Crippen LogP contribution in [0, 0.1) is 0 Å². The summed E-state index contributed by atoms with van der Waals surface area (Å²) in [6.45, 7) is 1.89. The van der Waals surface area contributed by atoms with Crippen molar-refractivity contribution in [1.82, 2.24) is 4.90 Å². The van der Waals surface area contributed by atoms with Crippen LogP contribution in [-0.2, 0) is 25.5 Å². The molecule has 2 aliphatic rings. The van der Waals surface area contributed by atoms with Gasteiger partial charge in [-0.05, 0) is 23.6 Å². The summed E-state index contributed by atoms with van der Waals surface area (Å²) in [6, 6.07) is 29.4. The molecule has 0 radical (unpaired) electrons. The molecule has 3 aromatic rings. The van der Waals surface area contributed by atoms with Crippen LogP contribution in [-0.4, -0.2) is 22.8 Å². The Labute approximate surface area is 175 Å². The van der Waals surface area contributed by atoms with E-state index in [2.05, 4.69) is 0 Å². The first kappa shape index (κ1) is 18.5. The van der Waals surface area contributed by atoms with Crippen molar-refractivity contribution < 1.29 is 14.3 Å². The highest BCUT2D eigenvalue weighted by atomic mass is 16.6. The summed E-state index contributed by atoms with van der Waals surface area (Å²) in [5.41, 5.74) is 1.17. The van der Waals surface area contributed by atoms with Crippen molar-refractivity contribution in [3.63, 3.8) is 0 Å². The smallest absolute Gasteiger partial charge is 0.253 e. The van der Waals surface area contributed by atoms with Crippen LogP contribution in [0.5, 0.6) is 0 Å². The lowest BCUT2D eigenvalue weighted by atomic mass is 9.73. The van der Waals surface area contributed by atoms with Crippen LogP contribution in [0.1, 0.15) is 23.6 Å². The van der Waals surface area contributed by atoms with Gasteiger partial charge in [0.2, 0.25) is 0 Å². The summed E-state index contributed by atoms with van der Waals surface area (Å²) < 4.78 is 6.75. The standard InChI is InChI=1S/C26H21NO3/c1-19(27-23(28)17-18-24(27)29)25(20-11-5-2-6-12-20)26(30-25,21-13-7-3-8-14-21)22-15-9-4-10-16-22/h2-19H,1H3. The molecular formula is C26H21NO3. The minimum atomic E-state index is -0.908. The molecule has 2 amide bonds. The van der Waals surface area contributed by atoms with E-state index < -0.39 is 17.2 Å². The molecule has 0 aliphatic carbocycles. The maximum absolute atomic E-state index is 12.6. The van der Waals surface area contributed by atoms with E-state index in [4.69, 9.17) is 4.74 Å². The fraction of sp³-hybridized carbons (Fsp3) is 0.154. The first-order chi connectivity index (χ1) is 14.6. The molecule has 30 heavy (non-hydrogen) atoms. The van der Waals surface area contributed by atoms with Gasteiger partial charge in [0.1, 0.15) is 0 Å². The molecule has 5 rings (SSSR count). The van der Waals surface area contributed by atoms with Crippen LogP contribution in [0.4, 0.5) is 0 Å². The third kappa shape index (κ3) is 2.44. The van der Waals surface area contributed by atoms with Gasteiger partial charge >= 0.3 is 0 Å². The number of nitrogens with zero attached hydrogens (tertiary/aromatic N) is 1. The minimum absolute atomic E-state index is 0.312. The van der Waals surface area contributed by atoms with E-state index >= 15 is 0 Å². The third-order valence-corrected chi connectivity index (χ3v) is 6.18. The maximum Gasteiger partial charge on any atom is 0.253 e. The highest BCUT2D eigenvalue weighted by Gasteiger charge is 2.76. The molecule has 0 spiro atoms. The van der Waals surface area contributed by atoms with Gasteiger partial charge in [-0.15, -0.1) is 0 Å². The number of carbonyl (C=O) groups excluding carboxylic acids is 2. The number of benzene rings is 3. The average Bonchev–Trinajstić information content (AvgIpc) is 3.42. The normalized spacial score (nSPS) is 22.9. The summed E-state index contributed by atoms with van der Waals surface area (Å²) >= 11 is 0. The van der Waals surface area contributed by atoms with Crippen LogP contribution in [0.2, 0.25) is 0 Å². The fourth-order valence-electron chi connectivity index (χ4n) is 4.82. The predicted molar refractivity (Wildman–Crippen MR) is 113 cm³/mol. The highest BCUT2D eigenvalue weighted by Crippen LogP contribution is 2.68. The van der Waals surface area contributed by atoms with Crippen molar-refractivity contribution in [3.8, 4) is 0 Å². The Hall–Kier alpha value is -3.50. The second kappa shape index (κ2) is 6.78. The van der Waals surface area contributed by atoms with E-state index in [0.29, 0.717) is 0 Å². The zero-order valence-electron chi connectivity index (χ0n) is 16.6. The third-order valence-electron chi connectivity index (χ3n) is 6.18. The molecule has 0 bridgehead atoms. The molecule has 148 valence electrons. The van der Waals surface area contributed by atoms with Crippen molar-refractivity contribution in [1.29, 1.82) is 0 Å². The molecule has 2 atom stereocenters. The molecule has 0 saturated carbocycles. The van der Waals surface area contributed by atoms with E-state index in [9.17, 15) is 9.59 Å². The Morgan fingerprint density at radius 2 is 1.07 bits per heavy atom. The van der Waals surface area contributed by atoms with Gasteiger partial charge in [-0.3, -0.25) is 14.5 Å². The first-order valence-corrected chi connectivity index (χ1v) is 10.0. The Balaban J connectivity index is 1.76. The monoisotopic (exact) mass is 395 g/mol. The van der Waals surface area contributed by atoms with Gasteiger partial charge in [0, 0.05) is 12.2 Å². The molecule has 4 nitrogen and oxygen atoms in total. The van der Waals surface area contributed by atoms with E-state index in [0.717, 1.165) is 16.7 Å². The Morgan fingerprint density at radius 3 is 1.50 bits per heavy atom. The summed E-state index contributed by atoms with van der Waals surface area (Å²) in [5, 5.41) is 0. The number of hydrogen-bond donors (Lipinski definition) is 0. The van der Waals surface area contributed by atoms with Crippen molar-refractivity contribution in [2.75, 3.05) is 0 Å². The topological polar surface area (TPSA) is 49.9 Å². The zero-order valence-corrected chi connectivity index (χ0v) is 16.6. The lowest BCUT2D eigenvalue weighted by molar-refractivity contribution is -0.140. The van der Waals surface area contributed by atoms with Crippen LogP contribution < -0.4 is 0 Å². The van der Waals surface area contributed by atoms with Crippen molar-refractivity contribution in [3.05, 3.63) is 120 Å². The molecule has 4 heteroatoms. The van der Waals surface area contributed by atoms with Gasteiger partial charge in [-0.1, -0.05) is 91.0 Å². The quantitative estimate of drug-likeness (QED) is 0.481. The number of hydrogen-bond acceptors (Lipinski definition) is 3. The number of ether oxygens (including phenoxy) is 1. The maximum atomic E-state index is 12.6. The van der Waals surface area contributed by atoms with Crippen LogP contribution in [0.3, 0.4) is 0 Å². The molecule has 0 N–H and O–H groups in total. The lowest BCUT2D eigenvalue weighted by Crippen LogP contribution is -2.48. The van der Waals surface area contributed by atoms with Gasteiger partial charge in [-0.25, -0.2) is 0 Å². The predicted octanol–water partition coefficient (Wildman–Crippen LogP) is 4.17. The largest absolute Gasteiger partial charge is 0.345 e. The highest BCUT2D eigenvalue weighted by molar-refractivity contribution is 6.13. The molecule has 3 aromatic carbocycles. The van der Waals surface area contributed by atoms with E-state index in [1.165, 1.54) is 17.1 Å². The van der Waals surface area contributed by atoms with Gasteiger partial charge in [0.25, 0.3) is 11.8 Å². The number of imide groups is 1. The second-order valence-electron chi connectivity index (χ2n) is 7.67. The summed E-state index contributed by atoms with van der Waals surface area (Å²) in [7, 11) is 0. The van der Waals surface area contributed by atoms with Crippen molar-refractivity contribution >= 4 is 11.8 Å². The minimum Gasteiger partial charge on any atom is -0.345 e. The zero-order chi connectivity index (χ0) is 20.8. The van der Waals surface area contributed by atoms with E-state index in [1.807, 2.05) is 97.9 Å². The average molecular weight is 395 g/mol. The number of amides is 2. The second-order valence-corrected chi connectivity index (χ2v) is 7.67. The van der Waals surface area contributed by atoms with Crippen molar-refractivity contribution in [2.24, 2.45) is 0 Å². The summed E-state index contributed by atoms with van der Waals surface area (Å²) in [5.74, 6) is -0.623. The molecule has 2 aliphatic heterocycles. The number of rotatable bonds is 5. The summed E-state index contributed by atoms with van der Waals surface area (Å²) in [4.78, 5) is 26.5. The Morgan fingerprint density at radius 1 is 0.667 bits per heavy atom. The molecule has 2 heterocycles. The fourth-order valence-corrected chi connectivity index (χ4v) is 4.82. The Kier molecular flexibility index (Phi) is 4.19. The SMILES string of the molecule is CC(N1C(=O)C=CC1=O)C1(c2ccccc2)OC1(c1ccccc1)c1ccccc1. The van der Waals surface area contributed by atoms with Gasteiger partial charge in [0.05, 0.1) is 6.04 Å². The molecule has 0 aromatic heterocycles. The number of epoxide rings is 1. The van der Waals surface area contributed by atoms with Gasteiger partial charge in [0.15, 0.2) is 11.2 Å². The van der Waals surface area contributed by atoms with Gasteiger partial charge < -0.3 is 4.74 Å². The molecule has 1 fully saturated rings. The van der Waals surface area contributed by atoms with Gasteiger partial charge in [-0.2, -0.15) is 0 Å². The van der Waals surface area contributed by atoms with Crippen LogP contribution >= 0.6 is 0 Å². The summed E-state index contributed by atoms with van der Waals surface area (Å²) in [6.07, 6.45) is 2.65. The van der Waals surface area contributed by atoms with E-state index in [1.54, 1.807) is 0 Å². The molecular weight excluding hydrogens is 374 g/mol. The first-order valence-electron chi connectivity index (χ1n) is 10.0. The van der Waals surface area contributed by atoms with Crippen LogP contribution in [0.15, 0.2) is 103 Å². The molecule has 1 saturated heterocycles. The lowest BCUT2D eigenvalue weighted by Gasteiger charge is -2.32. The van der Waals surface area contributed by atoms with E-state index in [-0.39, 0.29) is 11.8 Å². The van der Waals surface area contributed by atoms with Crippen molar-refractivity contribution in [2.45, 2.75) is 24.2 Å². The Bertz CT molecular complexity index is 1070. The molecule has 2 unspecified atom stereocenters.